The molecule has 47 heavy (non-hydrogen) atoms. The second-order valence-electron chi connectivity index (χ2n) is 14.5. The molecule has 1 amide bonds. The maximum absolute atomic E-state index is 12.9. The molecule has 2 aromatic rings. The van der Waals surface area contributed by atoms with Crippen molar-refractivity contribution in [3.63, 3.8) is 0 Å². The molecule has 2 saturated carbocycles. The number of ether oxygens (including phenoxy) is 3. The van der Waals surface area contributed by atoms with E-state index in [9.17, 15) is 14.4 Å². The molecule has 0 radical (unpaired) electrons. The zero-order valence-electron chi connectivity index (χ0n) is 27.8. The van der Waals surface area contributed by atoms with Crippen molar-refractivity contribution in [2.75, 3.05) is 6.61 Å². The van der Waals surface area contributed by atoms with E-state index in [1.165, 1.54) is 5.57 Å². The number of hydrogen-bond donors (Lipinski definition) is 1. The van der Waals surface area contributed by atoms with Crippen molar-refractivity contribution in [1.29, 1.82) is 0 Å². The van der Waals surface area contributed by atoms with Gasteiger partial charge in [0.05, 0.1) is 17.7 Å². The minimum atomic E-state index is -0.450. The number of fused-ring (bicyclic) bond motifs is 5. The molecule has 1 heterocycles. The molecule has 246 valence electrons. The second-order valence-corrected chi connectivity index (χ2v) is 14.5. The van der Waals surface area contributed by atoms with Crippen LogP contribution in [-0.4, -0.2) is 36.7 Å². The van der Waals surface area contributed by atoms with E-state index in [-0.39, 0.29) is 41.2 Å². The molecule has 5 aliphatic rings. The summed E-state index contributed by atoms with van der Waals surface area (Å²) in [5.41, 5.74) is 5.70. The van der Waals surface area contributed by atoms with Gasteiger partial charge in [-0.1, -0.05) is 74.0 Å². The van der Waals surface area contributed by atoms with Crippen LogP contribution >= 0.6 is 0 Å². The van der Waals surface area contributed by atoms with Crippen LogP contribution in [0.25, 0.3) is 5.57 Å². The zero-order chi connectivity index (χ0) is 32.9. The Hall–Kier alpha value is -4.13. The van der Waals surface area contributed by atoms with E-state index in [2.05, 4.69) is 25.2 Å². The molecule has 7 nitrogen and oxygen atoms in total. The fourth-order valence-electron chi connectivity index (χ4n) is 9.67. The number of nitrogens with one attached hydrogen (secondary N) is 1. The molecule has 0 bridgehead atoms. The highest BCUT2D eigenvalue weighted by Crippen LogP contribution is 2.66. The lowest BCUT2D eigenvalue weighted by Gasteiger charge is -2.57. The summed E-state index contributed by atoms with van der Waals surface area (Å²) in [6.07, 6.45) is 8.37. The molecular formula is C40H45NO6. The summed E-state index contributed by atoms with van der Waals surface area (Å²) in [5.74, 6) is 0.760. The van der Waals surface area contributed by atoms with Crippen LogP contribution in [0, 0.1) is 28.6 Å². The van der Waals surface area contributed by atoms with E-state index in [4.69, 9.17) is 14.2 Å². The first-order valence-corrected chi connectivity index (χ1v) is 17.2. The van der Waals surface area contributed by atoms with Gasteiger partial charge in [-0.25, -0.2) is 9.59 Å². The smallest absolute Gasteiger partial charge is 0.374 e. The van der Waals surface area contributed by atoms with Gasteiger partial charge in [-0.2, -0.15) is 0 Å². The molecule has 0 aromatic heterocycles. The van der Waals surface area contributed by atoms with E-state index >= 15 is 0 Å². The Morgan fingerprint density at radius 2 is 1.60 bits per heavy atom. The average molecular weight is 636 g/mol. The highest BCUT2D eigenvalue weighted by atomic mass is 16.6. The minimum Gasteiger partial charge on any atom is -0.473 e. The lowest BCUT2D eigenvalue weighted by Crippen LogP contribution is -2.51. The molecule has 0 spiro atoms. The standard InChI is InChI=1S/C40H45NO6/c1-5-45-38(44)35-33(25-12-8-6-9-13-25)34(47-35)30-23-32-29-17-16-27-22-28(46-37(43)26-14-10-7-11-15-26)18-20-39(27,3)31(29)19-21-40(32,4)36(30)41-24(2)42/h6-16,28-29,31-32,34H,5,17-23H2,1-4H3,(H,41,42)/t28-,29+,31-,32-,34?,39-,40-/m0/s1. The summed E-state index contributed by atoms with van der Waals surface area (Å²) in [5, 5.41) is 3.28. The highest BCUT2D eigenvalue weighted by molar-refractivity contribution is 6.00. The van der Waals surface area contributed by atoms with Gasteiger partial charge in [-0.3, -0.25) is 4.79 Å². The van der Waals surface area contributed by atoms with Gasteiger partial charge in [0.1, 0.15) is 6.10 Å². The molecule has 0 saturated heterocycles. The van der Waals surface area contributed by atoms with E-state index in [1.807, 2.05) is 60.7 Å². The normalized spacial score (nSPS) is 32.5. The fraction of sp³-hybridized carbons (Fsp3) is 0.475. The Kier molecular flexibility index (Phi) is 8.13. The minimum absolute atomic E-state index is 0.0516. The van der Waals surface area contributed by atoms with Crippen LogP contribution in [-0.2, 0) is 23.8 Å². The van der Waals surface area contributed by atoms with Crippen LogP contribution in [0.2, 0.25) is 0 Å². The molecule has 7 heteroatoms. The number of hydrogen-bond acceptors (Lipinski definition) is 6. The topological polar surface area (TPSA) is 90.9 Å². The first-order chi connectivity index (χ1) is 22.6. The molecule has 2 fully saturated rings. The van der Waals surface area contributed by atoms with Crippen molar-refractivity contribution in [3.05, 3.63) is 100 Å². The van der Waals surface area contributed by atoms with Gasteiger partial charge in [-0.15, -0.1) is 0 Å². The summed E-state index contributed by atoms with van der Waals surface area (Å²) in [7, 11) is 0. The van der Waals surface area contributed by atoms with Gasteiger partial charge in [0.15, 0.2) is 6.10 Å². The Bertz CT molecular complexity index is 1670. The van der Waals surface area contributed by atoms with Crippen molar-refractivity contribution in [3.8, 4) is 0 Å². The number of rotatable bonds is 7. The molecular weight excluding hydrogens is 590 g/mol. The Labute approximate surface area is 277 Å². The maximum atomic E-state index is 12.9. The monoisotopic (exact) mass is 635 g/mol. The average Bonchev–Trinajstić information content (AvgIpc) is 3.32. The van der Waals surface area contributed by atoms with E-state index < -0.39 is 12.1 Å². The van der Waals surface area contributed by atoms with Crippen molar-refractivity contribution in [2.24, 2.45) is 28.6 Å². The van der Waals surface area contributed by atoms with Crippen LogP contribution in [0.4, 0.5) is 0 Å². The van der Waals surface area contributed by atoms with Gasteiger partial charge in [0, 0.05) is 24.5 Å². The van der Waals surface area contributed by atoms with E-state index in [1.54, 1.807) is 13.8 Å². The van der Waals surface area contributed by atoms with Gasteiger partial charge < -0.3 is 19.5 Å². The van der Waals surface area contributed by atoms with E-state index in [0.717, 1.165) is 67.4 Å². The van der Waals surface area contributed by atoms with Crippen LogP contribution < -0.4 is 5.32 Å². The van der Waals surface area contributed by atoms with Crippen molar-refractivity contribution < 1.29 is 28.6 Å². The molecule has 1 N–H and O–H groups in total. The van der Waals surface area contributed by atoms with Crippen molar-refractivity contribution in [1.82, 2.24) is 5.32 Å². The predicted octanol–water partition coefficient (Wildman–Crippen LogP) is 7.55. The highest BCUT2D eigenvalue weighted by Gasteiger charge is 2.60. The molecule has 4 aliphatic carbocycles. The van der Waals surface area contributed by atoms with Gasteiger partial charge in [0.25, 0.3) is 0 Å². The first kappa shape index (κ1) is 31.5. The fourth-order valence-corrected chi connectivity index (χ4v) is 9.67. The number of amides is 1. The van der Waals surface area contributed by atoms with Gasteiger partial charge in [-0.05, 0) is 91.9 Å². The van der Waals surface area contributed by atoms with Crippen LogP contribution in [0.3, 0.4) is 0 Å². The molecule has 7 atom stereocenters. The molecule has 7 rings (SSSR count). The number of carbonyl (C=O) groups is 3. The zero-order valence-corrected chi connectivity index (χ0v) is 27.8. The number of benzene rings is 2. The number of allylic oxidation sites excluding steroid dienone is 2. The summed E-state index contributed by atoms with van der Waals surface area (Å²) >= 11 is 0. The summed E-state index contributed by atoms with van der Waals surface area (Å²) in [6.45, 7) is 8.40. The van der Waals surface area contributed by atoms with Crippen LogP contribution in [0.5, 0.6) is 0 Å². The quantitative estimate of drug-likeness (QED) is 0.250. The third-order valence-corrected chi connectivity index (χ3v) is 12.0. The summed E-state index contributed by atoms with van der Waals surface area (Å²) < 4.78 is 17.7. The van der Waals surface area contributed by atoms with Gasteiger partial charge in [0.2, 0.25) is 11.7 Å². The SMILES string of the molecule is CCOC(=O)C1=C(c2ccccc2)C(C2=C(NC(C)=O)[C@@]3(C)CC[C@H]4[C@@H](CC=C5C[C@@H](OC(=O)c6ccccc6)CC[C@@]54C)[C@@H]3C2)O1. The lowest BCUT2D eigenvalue weighted by molar-refractivity contribution is -0.144. The number of esters is 2. The largest absolute Gasteiger partial charge is 0.473 e. The van der Waals surface area contributed by atoms with Crippen molar-refractivity contribution >= 4 is 23.4 Å². The Balaban J connectivity index is 1.17. The molecule has 2 aromatic carbocycles. The molecule has 1 unspecified atom stereocenters. The molecule has 1 aliphatic heterocycles. The predicted molar refractivity (Wildman–Crippen MR) is 178 cm³/mol. The summed E-state index contributed by atoms with van der Waals surface area (Å²) in [4.78, 5) is 38.5. The van der Waals surface area contributed by atoms with Crippen LogP contribution in [0.1, 0.15) is 88.6 Å². The van der Waals surface area contributed by atoms with E-state index in [0.29, 0.717) is 23.3 Å². The maximum Gasteiger partial charge on any atom is 0.374 e. The lowest BCUT2D eigenvalue weighted by atomic mass is 9.47. The van der Waals surface area contributed by atoms with Crippen LogP contribution in [0.15, 0.2) is 89.3 Å². The third kappa shape index (κ3) is 5.32. The Morgan fingerprint density at radius 1 is 0.894 bits per heavy atom. The van der Waals surface area contributed by atoms with Crippen molar-refractivity contribution in [2.45, 2.75) is 84.8 Å². The summed E-state index contributed by atoms with van der Waals surface area (Å²) in [6, 6.07) is 19.2. The Morgan fingerprint density at radius 3 is 2.30 bits per heavy atom. The third-order valence-electron chi connectivity index (χ3n) is 12.0. The second kappa shape index (κ2) is 12.1. The number of carbonyl (C=O) groups excluding carboxylic acids is 3. The van der Waals surface area contributed by atoms with Gasteiger partial charge >= 0.3 is 11.9 Å². The first-order valence-electron chi connectivity index (χ1n) is 17.2.